The molecule has 0 saturated carbocycles. The van der Waals surface area contributed by atoms with Crippen LogP contribution in [-0.4, -0.2) is 35.7 Å². The average molecular weight is 326 g/mol. The van der Waals surface area contributed by atoms with E-state index in [0.29, 0.717) is 0 Å². The van der Waals surface area contributed by atoms with Crippen molar-refractivity contribution in [1.82, 2.24) is 10.1 Å². The van der Waals surface area contributed by atoms with E-state index in [2.05, 4.69) is 9.68 Å². The van der Waals surface area contributed by atoms with Crippen LogP contribution in [0.3, 0.4) is 0 Å². The van der Waals surface area contributed by atoms with Crippen LogP contribution in [0.25, 0.3) is 0 Å². The van der Waals surface area contributed by atoms with Crippen molar-refractivity contribution in [3.05, 3.63) is 53.4 Å². The summed E-state index contributed by atoms with van der Waals surface area (Å²) in [6, 6.07) is 6.64. The predicted molar refractivity (Wildman–Crippen MR) is 72.5 cm³/mol. The SMILES string of the molecule is O=C(c1ccon1)N1CCO[C@H](c2ccccc2C(F)(F)F)C1. The van der Waals surface area contributed by atoms with Crippen LogP contribution in [0, 0.1) is 0 Å². The zero-order chi connectivity index (χ0) is 16.4. The van der Waals surface area contributed by atoms with Crippen LogP contribution in [0.4, 0.5) is 13.2 Å². The van der Waals surface area contributed by atoms with Gasteiger partial charge in [-0.3, -0.25) is 4.79 Å². The number of hydrogen-bond acceptors (Lipinski definition) is 4. The van der Waals surface area contributed by atoms with Crippen LogP contribution >= 0.6 is 0 Å². The van der Waals surface area contributed by atoms with Gasteiger partial charge in [0.25, 0.3) is 5.91 Å². The van der Waals surface area contributed by atoms with E-state index in [0.717, 1.165) is 6.07 Å². The monoisotopic (exact) mass is 326 g/mol. The third-order valence-electron chi connectivity index (χ3n) is 3.62. The normalized spacial score (nSPS) is 18.9. The fourth-order valence-electron chi connectivity index (χ4n) is 2.54. The van der Waals surface area contributed by atoms with Gasteiger partial charge in [0.2, 0.25) is 0 Å². The quantitative estimate of drug-likeness (QED) is 0.851. The van der Waals surface area contributed by atoms with Gasteiger partial charge in [0.15, 0.2) is 5.69 Å². The van der Waals surface area contributed by atoms with E-state index in [1.54, 1.807) is 0 Å². The Hall–Kier alpha value is -2.35. The number of hydrogen-bond donors (Lipinski definition) is 0. The van der Waals surface area contributed by atoms with Crippen LogP contribution in [-0.2, 0) is 10.9 Å². The molecule has 0 aliphatic carbocycles. The van der Waals surface area contributed by atoms with Gasteiger partial charge in [0, 0.05) is 12.6 Å². The van der Waals surface area contributed by atoms with E-state index in [9.17, 15) is 18.0 Å². The summed E-state index contributed by atoms with van der Waals surface area (Å²) in [6.07, 6.45) is -4.04. The summed E-state index contributed by atoms with van der Waals surface area (Å²) in [4.78, 5) is 13.7. The molecule has 2 heterocycles. The van der Waals surface area contributed by atoms with E-state index in [1.165, 1.54) is 35.4 Å². The van der Waals surface area contributed by atoms with Crippen molar-refractivity contribution in [2.45, 2.75) is 12.3 Å². The number of amides is 1. The van der Waals surface area contributed by atoms with Crippen molar-refractivity contribution in [3.8, 4) is 0 Å². The topological polar surface area (TPSA) is 55.6 Å². The molecule has 1 atom stereocenters. The molecule has 3 rings (SSSR count). The van der Waals surface area contributed by atoms with Gasteiger partial charge < -0.3 is 14.2 Å². The highest BCUT2D eigenvalue weighted by Crippen LogP contribution is 2.36. The lowest BCUT2D eigenvalue weighted by Gasteiger charge is -2.33. The van der Waals surface area contributed by atoms with E-state index < -0.39 is 23.8 Å². The standard InChI is InChI=1S/C15H13F3N2O3/c16-15(17,18)11-4-2-1-3-10(11)13-9-20(6-8-22-13)14(21)12-5-7-23-19-12/h1-5,7,13H,6,8-9H2/t13-/m0/s1. The maximum Gasteiger partial charge on any atom is 0.416 e. The maximum absolute atomic E-state index is 13.1. The molecule has 1 aliphatic heterocycles. The first-order chi connectivity index (χ1) is 11.0. The number of nitrogens with zero attached hydrogens (tertiary/aromatic N) is 2. The summed E-state index contributed by atoms with van der Waals surface area (Å²) in [5.74, 6) is -0.392. The number of ether oxygens (including phenoxy) is 1. The van der Waals surface area contributed by atoms with Gasteiger partial charge in [-0.15, -0.1) is 0 Å². The van der Waals surface area contributed by atoms with Crippen LogP contribution in [0.2, 0.25) is 0 Å². The lowest BCUT2D eigenvalue weighted by molar-refractivity contribution is -0.140. The minimum absolute atomic E-state index is 0.0256. The molecule has 0 bridgehead atoms. The highest BCUT2D eigenvalue weighted by Gasteiger charge is 2.37. The first kappa shape index (κ1) is 15.5. The molecule has 0 N–H and O–H groups in total. The molecule has 1 fully saturated rings. The number of alkyl halides is 3. The smallest absolute Gasteiger partial charge is 0.370 e. The number of halogens is 3. The van der Waals surface area contributed by atoms with Crippen LogP contribution in [0.5, 0.6) is 0 Å². The molecule has 1 aromatic carbocycles. The number of morpholine rings is 1. The van der Waals surface area contributed by atoms with Gasteiger partial charge in [0.05, 0.1) is 18.7 Å². The Kier molecular flexibility index (Phi) is 4.08. The van der Waals surface area contributed by atoms with Crippen molar-refractivity contribution in [3.63, 3.8) is 0 Å². The minimum atomic E-state index is -4.47. The van der Waals surface area contributed by atoms with E-state index in [4.69, 9.17) is 4.74 Å². The molecule has 1 amide bonds. The van der Waals surface area contributed by atoms with Gasteiger partial charge in [0.1, 0.15) is 12.4 Å². The first-order valence-electron chi connectivity index (χ1n) is 6.94. The lowest BCUT2D eigenvalue weighted by Crippen LogP contribution is -2.42. The molecular weight excluding hydrogens is 313 g/mol. The Bertz CT molecular complexity index is 686. The largest absolute Gasteiger partial charge is 0.416 e. The van der Waals surface area contributed by atoms with Crippen molar-refractivity contribution >= 4 is 5.91 Å². The Morgan fingerprint density at radius 3 is 2.74 bits per heavy atom. The Labute approximate surface area is 129 Å². The van der Waals surface area contributed by atoms with E-state index in [1.807, 2.05) is 0 Å². The summed E-state index contributed by atoms with van der Waals surface area (Å²) in [7, 11) is 0. The number of carbonyl (C=O) groups excluding carboxylic acids is 1. The predicted octanol–water partition coefficient (Wildman–Crippen LogP) is 2.91. The third-order valence-corrected chi connectivity index (χ3v) is 3.62. The Morgan fingerprint density at radius 1 is 1.26 bits per heavy atom. The van der Waals surface area contributed by atoms with Gasteiger partial charge in [-0.05, 0) is 11.6 Å². The van der Waals surface area contributed by atoms with Gasteiger partial charge >= 0.3 is 6.18 Å². The summed E-state index contributed by atoms with van der Waals surface area (Å²) >= 11 is 0. The van der Waals surface area contributed by atoms with Crippen LogP contribution < -0.4 is 0 Å². The molecule has 1 saturated heterocycles. The molecule has 0 spiro atoms. The highest BCUT2D eigenvalue weighted by molar-refractivity contribution is 5.92. The Morgan fingerprint density at radius 2 is 2.04 bits per heavy atom. The molecule has 0 unspecified atom stereocenters. The molecule has 1 aliphatic rings. The van der Waals surface area contributed by atoms with Crippen LogP contribution in [0.1, 0.15) is 27.7 Å². The molecule has 122 valence electrons. The number of benzene rings is 1. The zero-order valence-electron chi connectivity index (χ0n) is 11.9. The summed E-state index contributed by atoms with van der Waals surface area (Å²) < 4.78 is 49.5. The van der Waals surface area contributed by atoms with Crippen LogP contribution in [0.15, 0.2) is 41.1 Å². The molecule has 1 aromatic heterocycles. The van der Waals surface area contributed by atoms with Gasteiger partial charge in [-0.25, -0.2) is 0 Å². The molecule has 5 nitrogen and oxygen atoms in total. The van der Waals surface area contributed by atoms with Crippen molar-refractivity contribution < 1.29 is 27.2 Å². The van der Waals surface area contributed by atoms with E-state index >= 15 is 0 Å². The van der Waals surface area contributed by atoms with Gasteiger partial charge in [-0.2, -0.15) is 13.2 Å². The van der Waals surface area contributed by atoms with Crippen molar-refractivity contribution in [2.75, 3.05) is 19.7 Å². The molecule has 0 radical (unpaired) electrons. The maximum atomic E-state index is 13.1. The number of carbonyl (C=O) groups is 1. The molecule has 23 heavy (non-hydrogen) atoms. The summed E-state index contributed by atoms with van der Waals surface area (Å²) in [5, 5.41) is 3.56. The summed E-state index contributed by atoms with van der Waals surface area (Å²) in [6.45, 7) is 0.468. The second-order valence-electron chi connectivity index (χ2n) is 5.08. The lowest BCUT2D eigenvalue weighted by atomic mass is 10.0. The van der Waals surface area contributed by atoms with Gasteiger partial charge in [-0.1, -0.05) is 23.4 Å². The zero-order valence-corrected chi connectivity index (χ0v) is 11.9. The van der Waals surface area contributed by atoms with Crippen molar-refractivity contribution in [1.29, 1.82) is 0 Å². The fraction of sp³-hybridized carbons (Fsp3) is 0.333. The summed E-state index contributed by atoms with van der Waals surface area (Å²) in [5.41, 5.74) is -0.604. The first-order valence-corrected chi connectivity index (χ1v) is 6.94. The third kappa shape index (κ3) is 3.21. The highest BCUT2D eigenvalue weighted by atomic mass is 19.4. The Balaban J connectivity index is 1.84. The number of rotatable bonds is 2. The van der Waals surface area contributed by atoms with Crippen molar-refractivity contribution in [2.24, 2.45) is 0 Å². The number of aromatic nitrogens is 1. The second kappa shape index (κ2) is 6.04. The minimum Gasteiger partial charge on any atom is -0.370 e. The fourth-order valence-corrected chi connectivity index (χ4v) is 2.54. The second-order valence-corrected chi connectivity index (χ2v) is 5.08. The van der Waals surface area contributed by atoms with E-state index in [-0.39, 0.29) is 31.0 Å². The molecule has 2 aromatic rings. The molecule has 8 heteroatoms. The molecular formula is C15H13F3N2O3. The average Bonchev–Trinajstić information content (AvgIpc) is 3.08.